The molecule has 0 aliphatic heterocycles. The topological polar surface area (TPSA) is 49.3 Å². The summed E-state index contributed by atoms with van der Waals surface area (Å²) in [5, 5.41) is 11.4. The summed E-state index contributed by atoms with van der Waals surface area (Å²) in [6.07, 6.45) is 3.00. The molecule has 2 N–H and O–H groups in total. The van der Waals surface area contributed by atoms with E-state index in [1.807, 2.05) is 6.92 Å². The van der Waals surface area contributed by atoms with Crippen molar-refractivity contribution in [2.24, 2.45) is 5.92 Å². The molecule has 4 heteroatoms. The molecule has 1 aromatic carbocycles. The van der Waals surface area contributed by atoms with Crippen molar-refractivity contribution >= 4 is 12.0 Å². The fraction of sp³-hybridized carbons (Fsp3) is 0.308. The van der Waals surface area contributed by atoms with Gasteiger partial charge in [0, 0.05) is 19.2 Å². The molecule has 0 aliphatic rings. The summed E-state index contributed by atoms with van der Waals surface area (Å²) in [4.78, 5) is 11.4. The molecule has 0 heterocycles. The van der Waals surface area contributed by atoms with Gasteiger partial charge >= 0.3 is 0 Å². The Labute approximate surface area is 100.0 Å². The predicted molar refractivity (Wildman–Crippen MR) is 64.7 cm³/mol. The number of halogens is 1. The second-order valence-corrected chi connectivity index (χ2v) is 3.92. The Balaban J connectivity index is 2.42. The molecule has 1 rings (SSSR count). The first-order valence-electron chi connectivity index (χ1n) is 5.44. The molecule has 0 aliphatic carbocycles. The maximum Gasteiger partial charge on any atom is 0.244 e. The third kappa shape index (κ3) is 5.26. The number of amides is 1. The van der Waals surface area contributed by atoms with Gasteiger partial charge in [-0.1, -0.05) is 19.1 Å². The predicted octanol–water partition coefficient (Wildman–Crippen LogP) is 1.58. The van der Waals surface area contributed by atoms with Crippen molar-refractivity contribution < 1.29 is 14.3 Å². The Morgan fingerprint density at radius 3 is 2.71 bits per heavy atom. The third-order valence-electron chi connectivity index (χ3n) is 2.23. The van der Waals surface area contributed by atoms with Crippen molar-refractivity contribution in [3.8, 4) is 0 Å². The molecule has 1 unspecified atom stereocenters. The van der Waals surface area contributed by atoms with Gasteiger partial charge in [-0.3, -0.25) is 4.79 Å². The number of carbonyl (C=O) groups excluding carboxylic acids is 1. The van der Waals surface area contributed by atoms with Crippen LogP contribution in [0.2, 0.25) is 0 Å². The fourth-order valence-corrected chi connectivity index (χ4v) is 1.14. The number of aliphatic hydroxyl groups excluding tert-OH is 1. The Hall–Kier alpha value is -1.68. The maximum atomic E-state index is 12.6. The molecule has 1 amide bonds. The van der Waals surface area contributed by atoms with Gasteiger partial charge in [0.2, 0.25) is 5.91 Å². The molecule has 17 heavy (non-hydrogen) atoms. The Kier molecular flexibility index (Phi) is 5.36. The number of aliphatic hydroxyl groups is 1. The van der Waals surface area contributed by atoms with Gasteiger partial charge in [-0.05, 0) is 29.7 Å². The van der Waals surface area contributed by atoms with Crippen LogP contribution in [-0.2, 0) is 4.79 Å². The van der Waals surface area contributed by atoms with Crippen LogP contribution in [0.25, 0.3) is 6.08 Å². The minimum Gasteiger partial charge on any atom is -0.396 e. The van der Waals surface area contributed by atoms with Gasteiger partial charge in [0.25, 0.3) is 0 Å². The highest BCUT2D eigenvalue weighted by Crippen LogP contribution is 2.04. The van der Waals surface area contributed by atoms with Crippen molar-refractivity contribution in [2.75, 3.05) is 13.2 Å². The highest BCUT2D eigenvalue weighted by atomic mass is 19.1. The minimum absolute atomic E-state index is 0.0400. The van der Waals surface area contributed by atoms with Crippen LogP contribution >= 0.6 is 0 Å². The molecule has 0 radical (unpaired) electrons. The van der Waals surface area contributed by atoms with Gasteiger partial charge in [0.1, 0.15) is 5.82 Å². The first-order valence-corrected chi connectivity index (χ1v) is 5.44. The standard InChI is InChI=1S/C13H16FNO2/c1-10(9-16)8-15-13(17)7-4-11-2-5-12(14)6-3-11/h2-7,10,16H,8-9H2,1H3,(H,15,17)/b7-4+. The van der Waals surface area contributed by atoms with E-state index in [9.17, 15) is 9.18 Å². The summed E-state index contributed by atoms with van der Waals surface area (Å²) in [6.45, 7) is 2.31. The highest BCUT2D eigenvalue weighted by molar-refractivity contribution is 5.91. The maximum absolute atomic E-state index is 12.6. The molecule has 1 aromatic rings. The van der Waals surface area contributed by atoms with E-state index in [1.54, 1.807) is 18.2 Å². The number of nitrogens with one attached hydrogen (secondary N) is 1. The van der Waals surface area contributed by atoms with Crippen LogP contribution in [0.1, 0.15) is 12.5 Å². The third-order valence-corrected chi connectivity index (χ3v) is 2.23. The van der Waals surface area contributed by atoms with E-state index in [0.29, 0.717) is 6.54 Å². The van der Waals surface area contributed by atoms with Gasteiger partial charge in [-0.15, -0.1) is 0 Å². The van der Waals surface area contributed by atoms with E-state index >= 15 is 0 Å². The highest BCUT2D eigenvalue weighted by Gasteiger charge is 2.01. The van der Waals surface area contributed by atoms with Crippen LogP contribution in [0.5, 0.6) is 0 Å². The summed E-state index contributed by atoms with van der Waals surface area (Å²) in [5.41, 5.74) is 0.761. The average molecular weight is 237 g/mol. The summed E-state index contributed by atoms with van der Waals surface area (Å²) in [7, 11) is 0. The smallest absolute Gasteiger partial charge is 0.244 e. The largest absolute Gasteiger partial charge is 0.396 e. The van der Waals surface area contributed by atoms with Crippen LogP contribution in [0.15, 0.2) is 30.3 Å². The number of rotatable bonds is 5. The number of carbonyl (C=O) groups is 1. The quantitative estimate of drug-likeness (QED) is 0.764. The van der Waals surface area contributed by atoms with E-state index in [0.717, 1.165) is 5.56 Å². The van der Waals surface area contributed by atoms with Crippen LogP contribution in [0.4, 0.5) is 4.39 Å². The van der Waals surface area contributed by atoms with Crippen molar-refractivity contribution in [3.63, 3.8) is 0 Å². The molecule has 0 fully saturated rings. The molecule has 0 aromatic heterocycles. The van der Waals surface area contributed by atoms with Gasteiger partial charge in [0.15, 0.2) is 0 Å². The normalized spacial score (nSPS) is 12.6. The zero-order valence-corrected chi connectivity index (χ0v) is 9.69. The monoisotopic (exact) mass is 237 g/mol. The molecular formula is C13H16FNO2. The van der Waals surface area contributed by atoms with Crippen molar-refractivity contribution in [1.82, 2.24) is 5.32 Å². The van der Waals surface area contributed by atoms with Crippen molar-refractivity contribution in [3.05, 3.63) is 41.7 Å². The lowest BCUT2D eigenvalue weighted by molar-refractivity contribution is -0.116. The molecule has 0 saturated heterocycles. The van der Waals surface area contributed by atoms with E-state index < -0.39 is 0 Å². The zero-order valence-electron chi connectivity index (χ0n) is 9.69. The molecule has 0 bridgehead atoms. The zero-order chi connectivity index (χ0) is 12.7. The molecule has 3 nitrogen and oxygen atoms in total. The van der Waals surface area contributed by atoms with Crippen molar-refractivity contribution in [1.29, 1.82) is 0 Å². The molecule has 0 saturated carbocycles. The van der Waals surface area contributed by atoms with E-state index in [2.05, 4.69) is 5.32 Å². The second-order valence-electron chi connectivity index (χ2n) is 3.92. The minimum atomic E-state index is -0.302. The average Bonchev–Trinajstić information content (AvgIpc) is 2.35. The fourth-order valence-electron chi connectivity index (χ4n) is 1.14. The Morgan fingerprint density at radius 2 is 2.12 bits per heavy atom. The Morgan fingerprint density at radius 1 is 1.47 bits per heavy atom. The van der Waals surface area contributed by atoms with Gasteiger partial charge in [0.05, 0.1) is 0 Å². The SMILES string of the molecule is CC(CO)CNC(=O)/C=C/c1ccc(F)cc1. The van der Waals surface area contributed by atoms with Gasteiger partial charge in [-0.25, -0.2) is 4.39 Å². The first-order chi connectivity index (χ1) is 8.11. The summed E-state index contributed by atoms with van der Waals surface area (Å²) >= 11 is 0. The Bertz CT molecular complexity index is 387. The number of benzene rings is 1. The van der Waals surface area contributed by atoms with E-state index in [1.165, 1.54) is 18.2 Å². The van der Waals surface area contributed by atoms with E-state index in [-0.39, 0.29) is 24.2 Å². The number of hydrogen-bond donors (Lipinski definition) is 2. The first kappa shape index (κ1) is 13.4. The van der Waals surface area contributed by atoms with E-state index in [4.69, 9.17) is 5.11 Å². The molecule has 1 atom stereocenters. The molecular weight excluding hydrogens is 221 g/mol. The van der Waals surface area contributed by atoms with Gasteiger partial charge in [-0.2, -0.15) is 0 Å². The second kappa shape index (κ2) is 6.81. The summed E-state index contributed by atoms with van der Waals surface area (Å²) < 4.78 is 12.6. The summed E-state index contributed by atoms with van der Waals surface area (Å²) in [6, 6.07) is 5.86. The lowest BCUT2D eigenvalue weighted by atomic mass is 10.2. The van der Waals surface area contributed by atoms with Crippen LogP contribution in [-0.4, -0.2) is 24.2 Å². The molecule has 92 valence electrons. The summed E-state index contributed by atoms with van der Waals surface area (Å²) in [5.74, 6) is -0.490. The molecule has 0 spiro atoms. The lowest BCUT2D eigenvalue weighted by Gasteiger charge is -2.07. The van der Waals surface area contributed by atoms with Crippen LogP contribution in [0.3, 0.4) is 0 Å². The number of hydrogen-bond acceptors (Lipinski definition) is 2. The van der Waals surface area contributed by atoms with Crippen molar-refractivity contribution in [2.45, 2.75) is 6.92 Å². The van der Waals surface area contributed by atoms with Crippen LogP contribution < -0.4 is 5.32 Å². The van der Waals surface area contributed by atoms with Crippen LogP contribution in [0, 0.1) is 11.7 Å². The van der Waals surface area contributed by atoms with Gasteiger partial charge < -0.3 is 10.4 Å². The lowest BCUT2D eigenvalue weighted by Crippen LogP contribution is -2.27.